The van der Waals surface area contributed by atoms with Gasteiger partial charge in [0.15, 0.2) is 0 Å². The molecule has 0 rings (SSSR count). The first kappa shape index (κ1) is 8.24. The maximum Gasteiger partial charge on any atom is 0.450 e. The van der Waals surface area contributed by atoms with Crippen molar-refractivity contribution < 1.29 is 17.6 Å². The summed E-state index contributed by atoms with van der Waals surface area (Å²) in [4.78, 5) is 0. The second-order valence-electron chi connectivity index (χ2n) is 1.24. The van der Waals surface area contributed by atoms with Gasteiger partial charge in [-0.25, -0.2) is 0 Å². The zero-order chi connectivity index (χ0) is 7.49. The smallest absolute Gasteiger partial charge is 0.193 e. The van der Waals surface area contributed by atoms with Crippen molar-refractivity contribution in [3.8, 4) is 0 Å². The molecule has 0 radical (unpaired) electrons. The van der Waals surface area contributed by atoms with Crippen molar-refractivity contribution >= 4 is 0 Å². The SMILES string of the molecule is CC=C=C(F)C(F)(F)F. The fourth-order valence-corrected chi connectivity index (χ4v) is 0.209. The van der Waals surface area contributed by atoms with Gasteiger partial charge < -0.3 is 0 Å². The fourth-order valence-electron chi connectivity index (χ4n) is 0.209. The zero-order valence-corrected chi connectivity index (χ0v) is 4.59. The number of rotatable bonds is 0. The molecular formula is C5H4F4. The van der Waals surface area contributed by atoms with E-state index in [1.807, 2.05) is 0 Å². The van der Waals surface area contributed by atoms with Crippen molar-refractivity contribution in [2.75, 3.05) is 0 Å². The van der Waals surface area contributed by atoms with Gasteiger partial charge in [-0.1, -0.05) is 5.73 Å². The molecule has 0 aromatic heterocycles. The van der Waals surface area contributed by atoms with Crippen LogP contribution in [0.3, 0.4) is 0 Å². The first-order chi connectivity index (χ1) is 3.98. The van der Waals surface area contributed by atoms with E-state index >= 15 is 0 Å². The molecule has 0 aromatic carbocycles. The molecule has 0 N–H and O–H groups in total. The Morgan fingerprint density at radius 3 is 2.00 bits per heavy atom. The van der Waals surface area contributed by atoms with Crippen LogP contribution in [0.1, 0.15) is 6.92 Å². The minimum Gasteiger partial charge on any atom is -0.193 e. The third-order valence-electron chi connectivity index (χ3n) is 0.520. The lowest BCUT2D eigenvalue weighted by Crippen LogP contribution is -2.06. The number of halogens is 4. The molecule has 0 nitrogen and oxygen atoms in total. The predicted molar refractivity (Wildman–Crippen MR) is 24.4 cm³/mol. The molecule has 0 fully saturated rings. The van der Waals surface area contributed by atoms with Crippen LogP contribution >= 0.6 is 0 Å². The van der Waals surface area contributed by atoms with Crippen molar-refractivity contribution in [2.24, 2.45) is 0 Å². The molecule has 0 bridgehead atoms. The van der Waals surface area contributed by atoms with Crippen LogP contribution in [-0.4, -0.2) is 6.18 Å². The topological polar surface area (TPSA) is 0 Å². The average Bonchev–Trinajstić information content (AvgIpc) is 1.64. The number of allylic oxidation sites excluding steroid dienone is 1. The van der Waals surface area contributed by atoms with E-state index in [2.05, 4.69) is 0 Å². The Bertz CT molecular complexity index is 147. The fraction of sp³-hybridized carbons (Fsp3) is 0.400. The van der Waals surface area contributed by atoms with Gasteiger partial charge >= 0.3 is 6.18 Å². The van der Waals surface area contributed by atoms with E-state index < -0.39 is 12.0 Å². The van der Waals surface area contributed by atoms with Gasteiger partial charge in [-0.05, 0) is 13.0 Å². The van der Waals surface area contributed by atoms with Crippen molar-refractivity contribution in [3.63, 3.8) is 0 Å². The summed E-state index contributed by atoms with van der Waals surface area (Å²) in [5.74, 6) is -2.19. The van der Waals surface area contributed by atoms with Crippen molar-refractivity contribution in [3.05, 3.63) is 17.6 Å². The van der Waals surface area contributed by atoms with Crippen LogP contribution in [-0.2, 0) is 0 Å². The summed E-state index contributed by atoms with van der Waals surface area (Å²) >= 11 is 0. The molecule has 0 aliphatic rings. The maximum atomic E-state index is 11.6. The van der Waals surface area contributed by atoms with E-state index in [-0.39, 0.29) is 0 Å². The van der Waals surface area contributed by atoms with Gasteiger partial charge in [-0.2, -0.15) is 17.6 Å². The third kappa shape index (κ3) is 2.93. The number of hydrogen-bond donors (Lipinski definition) is 0. The molecule has 9 heavy (non-hydrogen) atoms. The van der Waals surface area contributed by atoms with Crippen LogP contribution in [0.15, 0.2) is 17.6 Å². The Morgan fingerprint density at radius 1 is 1.44 bits per heavy atom. The van der Waals surface area contributed by atoms with Crippen LogP contribution in [0, 0.1) is 0 Å². The van der Waals surface area contributed by atoms with E-state index in [4.69, 9.17) is 0 Å². The average molecular weight is 140 g/mol. The molecule has 0 unspecified atom stereocenters. The highest BCUT2D eigenvalue weighted by Gasteiger charge is 2.34. The van der Waals surface area contributed by atoms with E-state index in [9.17, 15) is 17.6 Å². The van der Waals surface area contributed by atoms with E-state index in [0.717, 1.165) is 6.08 Å². The van der Waals surface area contributed by atoms with Gasteiger partial charge in [0.25, 0.3) is 0 Å². The standard InChI is InChI=1S/C5H4F4/c1-2-3-4(6)5(7,8)9/h2H,1H3. The molecule has 0 saturated carbocycles. The second-order valence-corrected chi connectivity index (χ2v) is 1.24. The van der Waals surface area contributed by atoms with Crippen molar-refractivity contribution in [2.45, 2.75) is 13.1 Å². The second kappa shape index (κ2) is 2.69. The summed E-state index contributed by atoms with van der Waals surface area (Å²) in [5.41, 5.74) is 1.39. The molecule has 52 valence electrons. The minimum absolute atomic E-state index is 0.864. The summed E-state index contributed by atoms with van der Waals surface area (Å²) in [5, 5.41) is 0. The Balaban J connectivity index is 4.40. The first-order valence-electron chi connectivity index (χ1n) is 2.12. The lowest BCUT2D eigenvalue weighted by Gasteiger charge is -1.97. The maximum absolute atomic E-state index is 11.6. The number of hydrogen-bond acceptors (Lipinski definition) is 0. The molecule has 4 heteroatoms. The van der Waals surface area contributed by atoms with E-state index in [1.165, 1.54) is 12.7 Å². The molecule has 0 aliphatic carbocycles. The monoisotopic (exact) mass is 140 g/mol. The van der Waals surface area contributed by atoms with Gasteiger partial charge in [-0.3, -0.25) is 0 Å². The van der Waals surface area contributed by atoms with Crippen molar-refractivity contribution in [1.82, 2.24) is 0 Å². The van der Waals surface area contributed by atoms with Gasteiger partial charge in [0.2, 0.25) is 5.83 Å². The van der Waals surface area contributed by atoms with Gasteiger partial charge in [0.1, 0.15) is 0 Å². The Morgan fingerprint density at radius 2 is 1.89 bits per heavy atom. The quantitative estimate of drug-likeness (QED) is 0.358. The van der Waals surface area contributed by atoms with E-state index in [0.29, 0.717) is 0 Å². The predicted octanol–water partition coefficient (Wildman–Crippen LogP) is 2.58. The number of alkyl halides is 3. The molecular weight excluding hydrogens is 136 g/mol. The Hall–Kier alpha value is -0.760. The normalized spacial score (nSPS) is 10.3. The highest BCUT2D eigenvalue weighted by Crippen LogP contribution is 2.24. The van der Waals surface area contributed by atoms with Crippen molar-refractivity contribution in [1.29, 1.82) is 0 Å². The summed E-state index contributed by atoms with van der Waals surface area (Å²) in [6.07, 6.45) is -4.02. The first-order valence-corrected chi connectivity index (χ1v) is 2.12. The molecule has 0 spiro atoms. The third-order valence-corrected chi connectivity index (χ3v) is 0.520. The van der Waals surface area contributed by atoms with Gasteiger partial charge in [-0.15, -0.1) is 0 Å². The molecule has 0 saturated heterocycles. The van der Waals surface area contributed by atoms with Crippen LogP contribution in [0.25, 0.3) is 0 Å². The highest BCUT2D eigenvalue weighted by molar-refractivity contribution is 4.97. The molecule has 0 heterocycles. The van der Waals surface area contributed by atoms with Crippen LogP contribution in [0.5, 0.6) is 0 Å². The largest absolute Gasteiger partial charge is 0.450 e. The lowest BCUT2D eigenvalue weighted by atomic mass is 10.5. The molecule has 0 amide bonds. The van der Waals surface area contributed by atoms with Crippen LogP contribution in [0.2, 0.25) is 0 Å². The molecule has 0 aromatic rings. The molecule has 0 aliphatic heterocycles. The van der Waals surface area contributed by atoms with Crippen LogP contribution in [0.4, 0.5) is 17.6 Å². The summed E-state index contributed by atoms with van der Waals surface area (Å²) in [7, 11) is 0. The lowest BCUT2D eigenvalue weighted by molar-refractivity contribution is -0.108. The Labute approximate surface area is 49.5 Å². The summed E-state index contributed by atoms with van der Waals surface area (Å²) < 4.78 is 45.0. The van der Waals surface area contributed by atoms with Crippen LogP contribution < -0.4 is 0 Å². The van der Waals surface area contributed by atoms with Gasteiger partial charge in [0, 0.05) is 0 Å². The minimum atomic E-state index is -4.88. The summed E-state index contributed by atoms with van der Waals surface area (Å²) in [6.45, 7) is 1.26. The van der Waals surface area contributed by atoms with E-state index in [1.54, 1.807) is 0 Å². The summed E-state index contributed by atoms with van der Waals surface area (Å²) in [6, 6.07) is 0. The molecule has 0 atom stereocenters. The van der Waals surface area contributed by atoms with Gasteiger partial charge in [0.05, 0.1) is 0 Å². The zero-order valence-electron chi connectivity index (χ0n) is 4.59. The highest BCUT2D eigenvalue weighted by atomic mass is 19.4. The Kier molecular flexibility index (Phi) is 2.46.